The largest absolute Gasteiger partial charge is 0.487 e. The van der Waals surface area contributed by atoms with Gasteiger partial charge < -0.3 is 10.5 Å². The average molecular weight is 242 g/mol. The van der Waals surface area contributed by atoms with Gasteiger partial charge in [0.05, 0.1) is 5.69 Å². The Hall–Kier alpha value is -1.87. The number of rotatable bonds is 4. The fraction of sp³-hybridized carbons (Fsp3) is 0.267. The van der Waals surface area contributed by atoms with Gasteiger partial charge in [0.2, 0.25) is 0 Å². The van der Waals surface area contributed by atoms with Gasteiger partial charge in [0.1, 0.15) is 12.4 Å². The molecule has 0 bridgehead atoms. The van der Waals surface area contributed by atoms with Crippen LogP contribution >= 0.6 is 0 Å². The third kappa shape index (κ3) is 3.08. The topological polar surface area (TPSA) is 48.1 Å². The highest BCUT2D eigenvalue weighted by molar-refractivity contribution is 5.35. The zero-order valence-electron chi connectivity index (χ0n) is 10.8. The van der Waals surface area contributed by atoms with Gasteiger partial charge in [-0.3, -0.25) is 4.98 Å². The maximum atomic E-state index is 5.76. The zero-order valence-corrected chi connectivity index (χ0v) is 10.8. The molecule has 0 radical (unpaired) electrons. The molecule has 2 rings (SSSR count). The highest BCUT2D eigenvalue weighted by Gasteiger charge is 2.01. The summed E-state index contributed by atoms with van der Waals surface area (Å²) in [6.45, 7) is 5.12. The van der Waals surface area contributed by atoms with E-state index in [4.69, 9.17) is 10.5 Å². The monoisotopic (exact) mass is 242 g/mol. The van der Waals surface area contributed by atoms with E-state index in [1.165, 1.54) is 5.56 Å². The van der Waals surface area contributed by atoms with Gasteiger partial charge >= 0.3 is 0 Å². The summed E-state index contributed by atoms with van der Waals surface area (Å²) in [6, 6.07) is 10.1. The van der Waals surface area contributed by atoms with Gasteiger partial charge in [-0.1, -0.05) is 23.8 Å². The minimum absolute atomic E-state index is 0.481. The number of hydrogen-bond donors (Lipinski definition) is 1. The summed E-state index contributed by atoms with van der Waals surface area (Å²) in [7, 11) is 0. The maximum Gasteiger partial charge on any atom is 0.130 e. The summed E-state index contributed by atoms with van der Waals surface area (Å²) in [4.78, 5) is 4.31. The lowest BCUT2D eigenvalue weighted by molar-refractivity contribution is 0.299. The van der Waals surface area contributed by atoms with Crippen molar-refractivity contribution in [1.82, 2.24) is 4.98 Å². The highest BCUT2D eigenvalue weighted by Crippen LogP contribution is 2.19. The summed E-state index contributed by atoms with van der Waals surface area (Å²) in [6.07, 6.45) is 1.79. The van der Waals surface area contributed by atoms with Gasteiger partial charge in [0.15, 0.2) is 0 Å². The van der Waals surface area contributed by atoms with E-state index >= 15 is 0 Å². The lowest BCUT2D eigenvalue weighted by Gasteiger charge is -2.09. The third-order valence-electron chi connectivity index (χ3n) is 2.83. The van der Waals surface area contributed by atoms with E-state index in [0.29, 0.717) is 13.2 Å². The van der Waals surface area contributed by atoms with Crippen LogP contribution in [0.3, 0.4) is 0 Å². The second-order valence-corrected chi connectivity index (χ2v) is 4.42. The van der Waals surface area contributed by atoms with Crippen LogP contribution in [0.1, 0.15) is 22.4 Å². The van der Waals surface area contributed by atoms with Crippen LogP contribution in [0.4, 0.5) is 0 Å². The second kappa shape index (κ2) is 5.65. The van der Waals surface area contributed by atoms with Crippen LogP contribution in [-0.2, 0) is 13.2 Å². The van der Waals surface area contributed by atoms with E-state index < -0.39 is 0 Å². The van der Waals surface area contributed by atoms with Crippen LogP contribution in [0.2, 0.25) is 0 Å². The number of benzene rings is 1. The van der Waals surface area contributed by atoms with Crippen molar-refractivity contribution in [2.24, 2.45) is 5.73 Å². The van der Waals surface area contributed by atoms with Crippen molar-refractivity contribution in [3.8, 4) is 5.75 Å². The Balaban J connectivity index is 2.02. The molecule has 3 heteroatoms. The molecule has 0 saturated carbocycles. The molecule has 1 heterocycles. The Bertz CT molecular complexity index is 521. The summed E-state index contributed by atoms with van der Waals surface area (Å²) in [5.74, 6) is 0.908. The standard InChI is InChI=1S/C15H18N2O/c1-11-3-6-15(12(2)7-11)18-10-14-5-4-13(8-16)9-17-14/h3-7,9H,8,10,16H2,1-2H3. The van der Waals surface area contributed by atoms with Crippen molar-refractivity contribution in [3.63, 3.8) is 0 Å². The molecule has 1 aromatic carbocycles. The van der Waals surface area contributed by atoms with Crippen LogP contribution in [0.25, 0.3) is 0 Å². The number of ether oxygens (including phenoxy) is 1. The molecule has 0 atom stereocenters. The molecule has 0 unspecified atom stereocenters. The van der Waals surface area contributed by atoms with Gasteiger partial charge in [-0.05, 0) is 37.1 Å². The lowest BCUT2D eigenvalue weighted by atomic mass is 10.1. The first-order chi connectivity index (χ1) is 8.69. The average Bonchev–Trinajstić information content (AvgIpc) is 2.38. The van der Waals surface area contributed by atoms with E-state index in [2.05, 4.69) is 18.0 Å². The molecular formula is C15H18N2O. The molecule has 94 valence electrons. The summed E-state index contributed by atoms with van der Waals surface area (Å²) in [5, 5.41) is 0. The Morgan fingerprint density at radius 1 is 1.17 bits per heavy atom. The number of pyridine rings is 1. The molecule has 0 aliphatic rings. The number of nitrogens with zero attached hydrogens (tertiary/aromatic N) is 1. The summed E-state index contributed by atoms with van der Waals surface area (Å²) >= 11 is 0. The first-order valence-corrected chi connectivity index (χ1v) is 6.03. The first-order valence-electron chi connectivity index (χ1n) is 6.03. The minimum Gasteiger partial charge on any atom is -0.487 e. The van der Waals surface area contributed by atoms with Gasteiger partial charge in [-0.25, -0.2) is 0 Å². The normalized spacial score (nSPS) is 10.4. The third-order valence-corrected chi connectivity index (χ3v) is 2.83. The molecule has 18 heavy (non-hydrogen) atoms. The van der Waals surface area contributed by atoms with E-state index in [0.717, 1.165) is 22.6 Å². The molecule has 0 spiro atoms. The SMILES string of the molecule is Cc1ccc(OCc2ccc(CN)cn2)c(C)c1. The molecule has 3 nitrogen and oxygen atoms in total. The number of aromatic nitrogens is 1. The van der Waals surface area contributed by atoms with E-state index in [1.807, 2.05) is 31.2 Å². The predicted molar refractivity (Wildman–Crippen MR) is 72.4 cm³/mol. The Morgan fingerprint density at radius 3 is 2.61 bits per heavy atom. The number of aryl methyl sites for hydroxylation is 2. The van der Waals surface area contributed by atoms with Crippen LogP contribution in [-0.4, -0.2) is 4.98 Å². The van der Waals surface area contributed by atoms with Gasteiger partial charge in [-0.15, -0.1) is 0 Å². The van der Waals surface area contributed by atoms with Crippen molar-refractivity contribution in [1.29, 1.82) is 0 Å². The Morgan fingerprint density at radius 2 is 2.00 bits per heavy atom. The molecule has 0 amide bonds. The fourth-order valence-corrected chi connectivity index (χ4v) is 1.77. The Kier molecular flexibility index (Phi) is 3.95. The number of hydrogen-bond acceptors (Lipinski definition) is 3. The second-order valence-electron chi connectivity index (χ2n) is 4.42. The van der Waals surface area contributed by atoms with Crippen molar-refractivity contribution in [2.45, 2.75) is 27.0 Å². The summed E-state index contributed by atoms with van der Waals surface area (Å²) < 4.78 is 5.76. The van der Waals surface area contributed by atoms with Gasteiger partial charge in [-0.2, -0.15) is 0 Å². The lowest BCUT2D eigenvalue weighted by Crippen LogP contribution is -2.02. The summed E-state index contributed by atoms with van der Waals surface area (Å²) in [5.41, 5.74) is 9.86. The molecule has 2 N–H and O–H groups in total. The van der Waals surface area contributed by atoms with Gasteiger partial charge in [0.25, 0.3) is 0 Å². The number of nitrogens with two attached hydrogens (primary N) is 1. The minimum atomic E-state index is 0.481. The van der Waals surface area contributed by atoms with E-state index in [9.17, 15) is 0 Å². The smallest absolute Gasteiger partial charge is 0.130 e. The van der Waals surface area contributed by atoms with Crippen LogP contribution in [0, 0.1) is 13.8 Å². The van der Waals surface area contributed by atoms with Crippen molar-refractivity contribution < 1.29 is 4.74 Å². The van der Waals surface area contributed by atoms with E-state index in [-0.39, 0.29) is 0 Å². The molecule has 0 aliphatic carbocycles. The van der Waals surface area contributed by atoms with Crippen molar-refractivity contribution >= 4 is 0 Å². The molecule has 2 aromatic rings. The van der Waals surface area contributed by atoms with Crippen molar-refractivity contribution in [3.05, 3.63) is 58.9 Å². The van der Waals surface area contributed by atoms with Crippen molar-refractivity contribution in [2.75, 3.05) is 0 Å². The fourth-order valence-electron chi connectivity index (χ4n) is 1.77. The zero-order chi connectivity index (χ0) is 13.0. The quantitative estimate of drug-likeness (QED) is 0.896. The predicted octanol–water partition coefficient (Wildman–Crippen LogP) is 2.74. The molecular weight excluding hydrogens is 224 g/mol. The molecule has 0 saturated heterocycles. The highest BCUT2D eigenvalue weighted by atomic mass is 16.5. The molecule has 0 fully saturated rings. The Labute approximate surface area is 108 Å². The van der Waals surface area contributed by atoms with Gasteiger partial charge in [0, 0.05) is 12.7 Å². The first kappa shape index (κ1) is 12.6. The molecule has 0 aliphatic heterocycles. The van der Waals surface area contributed by atoms with Crippen LogP contribution < -0.4 is 10.5 Å². The maximum absolute atomic E-state index is 5.76. The van der Waals surface area contributed by atoms with E-state index in [1.54, 1.807) is 6.20 Å². The van der Waals surface area contributed by atoms with Crippen LogP contribution in [0.15, 0.2) is 36.5 Å². The van der Waals surface area contributed by atoms with Crippen LogP contribution in [0.5, 0.6) is 5.75 Å². The molecule has 1 aromatic heterocycles.